The number of carboxylic acids is 1. The molecule has 3 heterocycles. The summed E-state index contributed by atoms with van der Waals surface area (Å²) in [6.45, 7) is 4.03. The number of nitrogens with zero attached hydrogens (tertiary/aromatic N) is 3. The van der Waals surface area contributed by atoms with E-state index in [0.717, 1.165) is 53.2 Å². The number of benzene rings is 1. The summed E-state index contributed by atoms with van der Waals surface area (Å²) in [6.07, 6.45) is 0.939. The molecule has 0 bridgehead atoms. The standard InChI is InChI=1S/C19H20N6.C2HF3O2/c1-12-19(25-14-5-3-7-21-9-14)23-11-17(24-12)16-10-22-18-13(8-20)4-2-6-15(16)18;3-2(4,5)1(6)7/h2,4,6,10-11,14,21-22H,3,5,7,9H2,1H3,(H,23,25);(H,6,7). The van der Waals surface area contributed by atoms with Crippen molar-refractivity contribution < 1.29 is 23.1 Å². The van der Waals surface area contributed by atoms with Crippen molar-refractivity contribution in [1.82, 2.24) is 20.3 Å². The van der Waals surface area contributed by atoms with Gasteiger partial charge in [-0.2, -0.15) is 18.4 Å². The number of halogens is 3. The number of anilines is 1. The van der Waals surface area contributed by atoms with Crippen LogP contribution in [0.2, 0.25) is 0 Å². The molecular weight excluding hydrogens is 425 g/mol. The van der Waals surface area contributed by atoms with Crippen molar-refractivity contribution in [3.63, 3.8) is 0 Å². The fourth-order valence-electron chi connectivity index (χ4n) is 3.38. The molecule has 0 saturated carbocycles. The van der Waals surface area contributed by atoms with Crippen molar-refractivity contribution in [2.75, 3.05) is 18.4 Å². The minimum absolute atomic E-state index is 0.402. The van der Waals surface area contributed by atoms with Crippen molar-refractivity contribution in [2.24, 2.45) is 0 Å². The third-order valence-corrected chi connectivity index (χ3v) is 4.94. The molecule has 168 valence electrons. The Morgan fingerprint density at radius 2 is 2.12 bits per heavy atom. The summed E-state index contributed by atoms with van der Waals surface area (Å²) in [5, 5.41) is 24.2. The first-order valence-corrected chi connectivity index (χ1v) is 9.82. The number of carboxylic acid groups (broad SMARTS) is 1. The highest BCUT2D eigenvalue weighted by Crippen LogP contribution is 2.29. The average Bonchev–Trinajstić information content (AvgIpc) is 3.20. The molecule has 32 heavy (non-hydrogen) atoms. The molecular formula is C21H21F3N6O2. The molecule has 11 heteroatoms. The maximum absolute atomic E-state index is 10.6. The van der Waals surface area contributed by atoms with Gasteiger partial charge in [0, 0.05) is 29.7 Å². The van der Waals surface area contributed by atoms with Gasteiger partial charge < -0.3 is 20.7 Å². The van der Waals surface area contributed by atoms with E-state index in [-0.39, 0.29) is 0 Å². The Bertz CT molecular complexity index is 1150. The fraction of sp³-hybridized carbons (Fsp3) is 0.333. The van der Waals surface area contributed by atoms with Gasteiger partial charge in [0.15, 0.2) is 0 Å². The van der Waals surface area contributed by atoms with Crippen molar-refractivity contribution in [3.05, 3.63) is 41.9 Å². The van der Waals surface area contributed by atoms with Crippen LogP contribution < -0.4 is 10.6 Å². The molecule has 1 fully saturated rings. The van der Waals surface area contributed by atoms with Crippen LogP contribution in [0.4, 0.5) is 19.0 Å². The van der Waals surface area contributed by atoms with Gasteiger partial charge in [0.05, 0.1) is 28.7 Å². The Labute approximate surface area is 181 Å². The topological polar surface area (TPSA) is 127 Å². The molecule has 2 aromatic heterocycles. The average molecular weight is 446 g/mol. The van der Waals surface area contributed by atoms with Gasteiger partial charge in [-0.15, -0.1) is 0 Å². The lowest BCUT2D eigenvalue weighted by Gasteiger charge is -2.24. The molecule has 1 aliphatic heterocycles. The number of aromatic amines is 1. The number of fused-ring (bicyclic) bond motifs is 1. The van der Waals surface area contributed by atoms with E-state index in [1.54, 1.807) is 6.20 Å². The minimum atomic E-state index is -5.08. The zero-order valence-electron chi connectivity index (χ0n) is 17.1. The number of H-pyrrole nitrogens is 1. The van der Waals surface area contributed by atoms with Crippen LogP contribution in [0, 0.1) is 18.3 Å². The first-order chi connectivity index (χ1) is 15.2. The number of aryl methyl sites for hydroxylation is 1. The van der Waals surface area contributed by atoms with Gasteiger partial charge in [0.2, 0.25) is 0 Å². The van der Waals surface area contributed by atoms with Gasteiger partial charge in [-0.25, -0.2) is 14.8 Å². The molecule has 3 aromatic rings. The summed E-state index contributed by atoms with van der Waals surface area (Å²) < 4.78 is 31.7. The zero-order valence-corrected chi connectivity index (χ0v) is 17.1. The van der Waals surface area contributed by atoms with E-state index < -0.39 is 12.1 Å². The minimum Gasteiger partial charge on any atom is -0.475 e. The van der Waals surface area contributed by atoms with Crippen LogP contribution in [-0.2, 0) is 4.79 Å². The Kier molecular flexibility index (Phi) is 6.95. The van der Waals surface area contributed by atoms with E-state index in [4.69, 9.17) is 14.9 Å². The first-order valence-electron chi connectivity index (χ1n) is 9.82. The SMILES string of the molecule is Cc1nc(-c2c[nH]c3c(C#N)cccc23)cnc1NC1CCCNC1.O=C(O)C(F)(F)F. The highest BCUT2D eigenvalue weighted by molar-refractivity contribution is 5.97. The van der Waals surface area contributed by atoms with Crippen molar-refractivity contribution in [3.8, 4) is 17.3 Å². The molecule has 1 aromatic carbocycles. The normalized spacial score (nSPS) is 16.0. The first kappa shape index (κ1) is 23.0. The van der Waals surface area contributed by atoms with Gasteiger partial charge >= 0.3 is 12.1 Å². The number of hydrogen-bond acceptors (Lipinski definition) is 6. The van der Waals surface area contributed by atoms with Crippen molar-refractivity contribution >= 4 is 22.7 Å². The summed E-state index contributed by atoms with van der Waals surface area (Å²) in [5.41, 5.74) is 4.14. The smallest absolute Gasteiger partial charge is 0.475 e. The predicted molar refractivity (Wildman–Crippen MR) is 112 cm³/mol. The Morgan fingerprint density at radius 3 is 2.72 bits per heavy atom. The maximum Gasteiger partial charge on any atom is 0.490 e. The van der Waals surface area contributed by atoms with Crippen LogP contribution in [0.1, 0.15) is 24.1 Å². The molecule has 8 nitrogen and oxygen atoms in total. The fourth-order valence-corrected chi connectivity index (χ4v) is 3.38. The maximum atomic E-state index is 10.6. The molecule has 1 aliphatic rings. The highest BCUT2D eigenvalue weighted by atomic mass is 19.4. The van der Waals surface area contributed by atoms with Crippen molar-refractivity contribution in [2.45, 2.75) is 32.0 Å². The van der Waals surface area contributed by atoms with E-state index in [0.29, 0.717) is 11.6 Å². The quantitative estimate of drug-likeness (QED) is 0.484. The number of rotatable bonds is 3. The van der Waals surface area contributed by atoms with Gasteiger partial charge in [0.25, 0.3) is 0 Å². The molecule has 0 amide bonds. The van der Waals surface area contributed by atoms with Gasteiger partial charge in [-0.3, -0.25) is 0 Å². The van der Waals surface area contributed by atoms with Crippen LogP contribution in [0.25, 0.3) is 22.2 Å². The largest absolute Gasteiger partial charge is 0.490 e. The zero-order chi connectivity index (χ0) is 23.3. The second kappa shape index (κ2) is 9.65. The molecule has 4 rings (SSSR count). The van der Waals surface area contributed by atoms with E-state index in [1.165, 1.54) is 6.42 Å². The number of hydrogen-bond donors (Lipinski definition) is 4. The number of carbonyl (C=O) groups is 1. The van der Waals surface area contributed by atoms with E-state index in [1.807, 2.05) is 31.3 Å². The lowest BCUT2D eigenvalue weighted by atomic mass is 10.1. The van der Waals surface area contributed by atoms with Crippen LogP contribution in [0.3, 0.4) is 0 Å². The lowest BCUT2D eigenvalue weighted by Crippen LogP contribution is -2.38. The Morgan fingerprint density at radius 1 is 1.38 bits per heavy atom. The monoisotopic (exact) mass is 446 g/mol. The summed E-state index contributed by atoms with van der Waals surface area (Å²) in [4.78, 5) is 21.4. The molecule has 1 saturated heterocycles. The van der Waals surface area contributed by atoms with Crippen LogP contribution in [0.5, 0.6) is 0 Å². The van der Waals surface area contributed by atoms with Gasteiger partial charge in [-0.1, -0.05) is 12.1 Å². The number of aliphatic carboxylic acids is 1. The third kappa shape index (κ3) is 5.33. The number of para-hydroxylation sites is 1. The summed E-state index contributed by atoms with van der Waals surface area (Å²) in [5.74, 6) is -1.91. The molecule has 0 aliphatic carbocycles. The van der Waals surface area contributed by atoms with Gasteiger partial charge in [-0.05, 0) is 32.4 Å². The van der Waals surface area contributed by atoms with Gasteiger partial charge in [0.1, 0.15) is 11.9 Å². The van der Waals surface area contributed by atoms with E-state index >= 15 is 0 Å². The molecule has 0 radical (unpaired) electrons. The van der Waals surface area contributed by atoms with Crippen LogP contribution >= 0.6 is 0 Å². The lowest BCUT2D eigenvalue weighted by molar-refractivity contribution is -0.192. The Hall–Kier alpha value is -3.65. The Balaban J connectivity index is 0.000000360. The summed E-state index contributed by atoms with van der Waals surface area (Å²) >= 11 is 0. The molecule has 1 atom stereocenters. The molecule has 0 spiro atoms. The van der Waals surface area contributed by atoms with Crippen LogP contribution in [-0.4, -0.2) is 51.3 Å². The van der Waals surface area contributed by atoms with E-state index in [9.17, 15) is 18.4 Å². The number of aromatic nitrogens is 3. The summed E-state index contributed by atoms with van der Waals surface area (Å²) in [7, 11) is 0. The van der Waals surface area contributed by atoms with Crippen molar-refractivity contribution in [1.29, 1.82) is 5.26 Å². The third-order valence-electron chi connectivity index (χ3n) is 4.94. The van der Waals surface area contributed by atoms with Crippen LogP contribution in [0.15, 0.2) is 30.6 Å². The van der Waals surface area contributed by atoms with E-state index in [2.05, 4.69) is 26.7 Å². The number of nitriles is 1. The molecule has 4 N–H and O–H groups in total. The summed E-state index contributed by atoms with van der Waals surface area (Å²) in [6, 6.07) is 8.32. The second-order valence-electron chi connectivity index (χ2n) is 7.22. The molecule has 1 unspecified atom stereocenters. The number of alkyl halides is 3. The number of piperidine rings is 1. The highest BCUT2D eigenvalue weighted by Gasteiger charge is 2.38. The predicted octanol–water partition coefficient (Wildman–Crippen LogP) is 3.60. The number of nitrogens with one attached hydrogen (secondary N) is 3. The second-order valence-corrected chi connectivity index (χ2v) is 7.22.